The summed E-state index contributed by atoms with van der Waals surface area (Å²) < 4.78 is 15.6. The highest BCUT2D eigenvalue weighted by Gasteiger charge is 2.19. The number of methoxy groups -OCH3 is 1. The zero-order valence-electron chi connectivity index (χ0n) is 11.0. The fraction of sp³-hybridized carbons (Fsp3) is 0.462. The molecule has 0 bridgehead atoms. The van der Waals surface area contributed by atoms with Gasteiger partial charge in [0.05, 0.1) is 26.4 Å². The van der Waals surface area contributed by atoms with Crippen molar-refractivity contribution in [3.63, 3.8) is 0 Å². The van der Waals surface area contributed by atoms with Crippen LogP contribution in [0.4, 0.5) is 0 Å². The SMILES string of the molecule is COCCOCCOC(C(=O)NN)c1ccccc1. The largest absolute Gasteiger partial charge is 0.382 e. The predicted molar refractivity (Wildman–Crippen MR) is 70.2 cm³/mol. The van der Waals surface area contributed by atoms with E-state index in [0.717, 1.165) is 5.56 Å². The molecule has 0 spiro atoms. The number of benzene rings is 1. The number of ether oxygens (including phenoxy) is 3. The molecule has 6 heteroatoms. The van der Waals surface area contributed by atoms with Gasteiger partial charge in [-0.3, -0.25) is 10.2 Å². The van der Waals surface area contributed by atoms with Gasteiger partial charge in [0.2, 0.25) is 0 Å². The number of carbonyl (C=O) groups is 1. The van der Waals surface area contributed by atoms with E-state index in [0.29, 0.717) is 26.4 Å². The molecule has 0 aromatic heterocycles. The maximum atomic E-state index is 11.7. The molecule has 0 saturated heterocycles. The number of amides is 1. The number of hydrogen-bond donors (Lipinski definition) is 2. The van der Waals surface area contributed by atoms with E-state index in [9.17, 15) is 4.79 Å². The van der Waals surface area contributed by atoms with Gasteiger partial charge in [-0.1, -0.05) is 30.3 Å². The Morgan fingerprint density at radius 2 is 1.89 bits per heavy atom. The van der Waals surface area contributed by atoms with Gasteiger partial charge in [-0.2, -0.15) is 0 Å². The van der Waals surface area contributed by atoms with Crippen LogP contribution < -0.4 is 11.3 Å². The van der Waals surface area contributed by atoms with Crippen molar-refractivity contribution in [3.05, 3.63) is 35.9 Å². The maximum absolute atomic E-state index is 11.7. The summed E-state index contributed by atoms with van der Waals surface area (Å²) in [5.74, 6) is 4.77. The van der Waals surface area contributed by atoms with E-state index in [1.807, 2.05) is 30.3 Å². The van der Waals surface area contributed by atoms with Gasteiger partial charge < -0.3 is 14.2 Å². The Kier molecular flexibility index (Phi) is 7.76. The Morgan fingerprint density at radius 1 is 1.21 bits per heavy atom. The first-order valence-corrected chi connectivity index (χ1v) is 6.03. The Bertz CT molecular complexity index is 359. The van der Waals surface area contributed by atoms with Gasteiger partial charge in [0.15, 0.2) is 6.10 Å². The molecule has 0 saturated carbocycles. The summed E-state index contributed by atoms with van der Waals surface area (Å²) in [6.45, 7) is 1.73. The zero-order chi connectivity index (χ0) is 13.9. The van der Waals surface area contributed by atoms with E-state index in [1.165, 1.54) is 0 Å². The lowest BCUT2D eigenvalue weighted by atomic mass is 10.1. The van der Waals surface area contributed by atoms with Crippen molar-refractivity contribution in [2.45, 2.75) is 6.10 Å². The van der Waals surface area contributed by atoms with E-state index >= 15 is 0 Å². The average molecular weight is 268 g/mol. The van der Waals surface area contributed by atoms with Gasteiger partial charge in [0.25, 0.3) is 5.91 Å². The first-order chi connectivity index (χ1) is 9.29. The number of carbonyl (C=O) groups excluding carboxylic acids is 1. The van der Waals surface area contributed by atoms with Crippen LogP contribution in [0.15, 0.2) is 30.3 Å². The fourth-order valence-electron chi connectivity index (χ4n) is 1.50. The van der Waals surface area contributed by atoms with Crippen LogP contribution >= 0.6 is 0 Å². The van der Waals surface area contributed by atoms with Crippen molar-refractivity contribution in [3.8, 4) is 0 Å². The van der Waals surface area contributed by atoms with Crippen molar-refractivity contribution in [1.82, 2.24) is 5.43 Å². The van der Waals surface area contributed by atoms with Crippen LogP contribution in [0.5, 0.6) is 0 Å². The minimum Gasteiger partial charge on any atom is -0.382 e. The molecule has 106 valence electrons. The topological polar surface area (TPSA) is 82.8 Å². The first-order valence-electron chi connectivity index (χ1n) is 6.03. The molecule has 1 rings (SSSR count). The van der Waals surface area contributed by atoms with Gasteiger partial charge in [-0.05, 0) is 5.56 Å². The minimum atomic E-state index is -0.725. The lowest BCUT2D eigenvalue weighted by Gasteiger charge is -2.16. The lowest BCUT2D eigenvalue weighted by molar-refractivity contribution is -0.134. The fourth-order valence-corrected chi connectivity index (χ4v) is 1.50. The number of nitrogens with two attached hydrogens (primary N) is 1. The number of hydrazine groups is 1. The summed E-state index contributed by atoms with van der Waals surface area (Å²) in [4.78, 5) is 11.7. The van der Waals surface area contributed by atoms with Crippen LogP contribution in [0.3, 0.4) is 0 Å². The maximum Gasteiger partial charge on any atom is 0.267 e. The second-order valence-electron chi connectivity index (χ2n) is 3.78. The molecule has 19 heavy (non-hydrogen) atoms. The zero-order valence-corrected chi connectivity index (χ0v) is 11.0. The molecular weight excluding hydrogens is 248 g/mol. The highest BCUT2D eigenvalue weighted by molar-refractivity contribution is 5.81. The molecule has 6 nitrogen and oxygen atoms in total. The number of nitrogens with one attached hydrogen (secondary N) is 1. The lowest BCUT2D eigenvalue weighted by Crippen LogP contribution is -2.36. The van der Waals surface area contributed by atoms with Crippen LogP contribution in [0, 0.1) is 0 Å². The summed E-state index contributed by atoms with van der Waals surface area (Å²) in [5.41, 5.74) is 2.85. The van der Waals surface area contributed by atoms with Crippen LogP contribution in [-0.4, -0.2) is 39.4 Å². The van der Waals surface area contributed by atoms with Crippen molar-refractivity contribution >= 4 is 5.91 Å². The normalized spacial score (nSPS) is 12.1. The first kappa shape index (κ1) is 15.6. The van der Waals surface area contributed by atoms with E-state index in [-0.39, 0.29) is 5.91 Å². The molecule has 0 radical (unpaired) electrons. The van der Waals surface area contributed by atoms with Gasteiger partial charge in [-0.15, -0.1) is 0 Å². The van der Waals surface area contributed by atoms with Crippen LogP contribution in [0.2, 0.25) is 0 Å². The van der Waals surface area contributed by atoms with Crippen LogP contribution in [-0.2, 0) is 19.0 Å². The third-order valence-corrected chi connectivity index (χ3v) is 2.43. The van der Waals surface area contributed by atoms with E-state index < -0.39 is 6.10 Å². The standard InChI is InChI=1S/C13H20N2O4/c1-17-7-8-18-9-10-19-12(13(16)15-14)11-5-3-2-4-6-11/h2-6,12H,7-10,14H2,1H3,(H,15,16). The summed E-state index contributed by atoms with van der Waals surface area (Å²) in [7, 11) is 1.61. The third-order valence-electron chi connectivity index (χ3n) is 2.43. The second kappa shape index (κ2) is 9.46. The van der Waals surface area contributed by atoms with Gasteiger partial charge in [0.1, 0.15) is 0 Å². The Labute approximate surface area is 112 Å². The molecule has 0 aliphatic rings. The van der Waals surface area contributed by atoms with Crippen molar-refractivity contribution in [2.24, 2.45) is 5.84 Å². The molecule has 1 aromatic carbocycles. The highest BCUT2D eigenvalue weighted by atomic mass is 16.5. The van der Waals surface area contributed by atoms with Gasteiger partial charge in [0, 0.05) is 7.11 Å². The van der Waals surface area contributed by atoms with Gasteiger partial charge >= 0.3 is 0 Å². The average Bonchev–Trinajstić information content (AvgIpc) is 2.47. The molecule has 1 atom stereocenters. The number of rotatable bonds is 9. The smallest absolute Gasteiger partial charge is 0.267 e. The minimum absolute atomic E-state index is 0.302. The van der Waals surface area contributed by atoms with Crippen molar-refractivity contribution < 1.29 is 19.0 Å². The Balaban J connectivity index is 2.41. The summed E-state index contributed by atoms with van der Waals surface area (Å²) in [6.07, 6.45) is -0.725. The van der Waals surface area contributed by atoms with E-state index in [2.05, 4.69) is 5.43 Å². The highest BCUT2D eigenvalue weighted by Crippen LogP contribution is 2.16. The van der Waals surface area contributed by atoms with Crippen LogP contribution in [0.1, 0.15) is 11.7 Å². The third kappa shape index (κ3) is 5.80. The molecule has 1 unspecified atom stereocenters. The Morgan fingerprint density at radius 3 is 2.53 bits per heavy atom. The summed E-state index contributed by atoms with van der Waals surface area (Å²) in [6, 6.07) is 9.17. The second-order valence-corrected chi connectivity index (χ2v) is 3.78. The number of hydrogen-bond acceptors (Lipinski definition) is 5. The van der Waals surface area contributed by atoms with E-state index in [4.69, 9.17) is 20.1 Å². The Hall–Kier alpha value is -1.47. The molecule has 1 amide bonds. The van der Waals surface area contributed by atoms with Crippen molar-refractivity contribution in [1.29, 1.82) is 0 Å². The molecular formula is C13H20N2O4. The van der Waals surface area contributed by atoms with Crippen LogP contribution in [0.25, 0.3) is 0 Å². The quantitative estimate of drug-likeness (QED) is 0.293. The predicted octanol–water partition coefficient (Wildman–Crippen LogP) is 0.397. The van der Waals surface area contributed by atoms with E-state index in [1.54, 1.807) is 7.11 Å². The monoisotopic (exact) mass is 268 g/mol. The molecule has 3 N–H and O–H groups in total. The molecule has 1 aromatic rings. The molecule has 0 aliphatic carbocycles. The summed E-state index contributed by atoms with van der Waals surface area (Å²) in [5, 5.41) is 0. The van der Waals surface area contributed by atoms with Crippen molar-refractivity contribution in [2.75, 3.05) is 33.5 Å². The molecule has 0 aliphatic heterocycles. The molecule has 0 heterocycles. The summed E-state index contributed by atoms with van der Waals surface area (Å²) >= 11 is 0. The van der Waals surface area contributed by atoms with Gasteiger partial charge in [-0.25, -0.2) is 5.84 Å². The molecule has 0 fully saturated rings.